The molecule has 4 heteroatoms. The molecule has 0 radical (unpaired) electrons. The zero-order valence-corrected chi connectivity index (χ0v) is 17.2. The Hall–Kier alpha value is 0.940. The summed E-state index contributed by atoms with van der Waals surface area (Å²) in [6, 6.07) is 11.6. The summed E-state index contributed by atoms with van der Waals surface area (Å²) in [7, 11) is 1.13. The normalized spacial score (nSPS) is 25.7. The van der Waals surface area contributed by atoms with Crippen LogP contribution in [-0.2, 0) is 0 Å². The predicted octanol–water partition coefficient (Wildman–Crippen LogP) is 3.84. The van der Waals surface area contributed by atoms with Gasteiger partial charge in [-0.2, -0.15) is 0 Å². The Morgan fingerprint density at radius 3 is 2.21 bits per heavy atom. The van der Waals surface area contributed by atoms with Crippen LogP contribution in [0.5, 0.6) is 0 Å². The van der Waals surface area contributed by atoms with Crippen molar-refractivity contribution >= 4 is 35.7 Å². The van der Waals surface area contributed by atoms with E-state index in [1.807, 2.05) is 0 Å². The van der Waals surface area contributed by atoms with Gasteiger partial charge < -0.3 is 0 Å². The Balaban J connectivity index is 2.25. The van der Waals surface area contributed by atoms with Crippen LogP contribution in [-0.4, -0.2) is 57.2 Å². The Morgan fingerprint density at radius 2 is 1.74 bits per heavy atom. The third kappa shape index (κ3) is 4.45. The van der Waals surface area contributed by atoms with Gasteiger partial charge in [-0.3, -0.25) is 0 Å². The first-order valence-electron chi connectivity index (χ1n) is 7.57. The number of hydrogen-bond acceptors (Lipinski definition) is 0. The van der Waals surface area contributed by atoms with Crippen LogP contribution in [0.2, 0.25) is 0 Å². The Kier molecular flexibility index (Phi) is 5.13. The van der Waals surface area contributed by atoms with Crippen LogP contribution in [0.1, 0.15) is 0 Å². The Bertz CT molecular complexity index is 422. The summed E-state index contributed by atoms with van der Waals surface area (Å²) in [5, 5.41) is 1.76. The van der Waals surface area contributed by atoms with Crippen LogP contribution in [0.25, 0.3) is 0 Å². The summed E-state index contributed by atoms with van der Waals surface area (Å²) in [6.45, 7) is 9.26. The monoisotopic (exact) mass is 336 g/mol. The molecule has 1 saturated heterocycles. The van der Waals surface area contributed by atoms with Crippen LogP contribution in [0, 0.1) is 0 Å². The molecule has 1 heterocycles. The van der Waals surface area contributed by atoms with Gasteiger partial charge in [-0.05, 0) is 0 Å². The van der Waals surface area contributed by atoms with Crippen LogP contribution < -0.4 is 5.30 Å². The fourth-order valence-electron chi connectivity index (χ4n) is 3.63. The predicted molar refractivity (Wildman–Crippen MR) is 109 cm³/mol. The van der Waals surface area contributed by atoms with E-state index in [1.165, 1.54) is 6.16 Å². The molecule has 2 rings (SSSR count). The number of hydrogen-bond donors (Lipinski definition) is 0. The summed E-state index contributed by atoms with van der Waals surface area (Å²) >= 11 is 0. The third-order valence-electron chi connectivity index (χ3n) is 4.73. The van der Waals surface area contributed by atoms with E-state index >= 15 is 0 Å². The molecule has 1 aliphatic rings. The zero-order chi connectivity index (χ0) is 14.1. The van der Waals surface area contributed by atoms with Crippen molar-refractivity contribution in [3.8, 4) is 0 Å². The molecule has 1 unspecified atom stereocenters. The first kappa shape index (κ1) is 16.3. The average Bonchev–Trinajstić information content (AvgIpc) is 2.64. The minimum atomic E-state index is -1.17. The molecular formula is C15H32P4. The van der Waals surface area contributed by atoms with Crippen LogP contribution >= 0.6 is 30.4 Å². The van der Waals surface area contributed by atoms with Gasteiger partial charge in [0.15, 0.2) is 0 Å². The van der Waals surface area contributed by atoms with Crippen molar-refractivity contribution in [3.05, 3.63) is 30.3 Å². The molecule has 19 heavy (non-hydrogen) atoms. The van der Waals surface area contributed by atoms with E-state index in [2.05, 4.69) is 65.9 Å². The summed E-state index contributed by atoms with van der Waals surface area (Å²) in [6.07, 6.45) is 6.21. The van der Waals surface area contributed by atoms with Crippen molar-refractivity contribution in [2.75, 3.05) is 57.2 Å². The Labute approximate surface area is 123 Å². The SMILES string of the molecule is C[PH](C)(P)CC[PH]1(c2ccccc2)CC[PH](C)(C)C1. The van der Waals surface area contributed by atoms with Gasteiger partial charge in [0.1, 0.15) is 0 Å². The Morgan fingerprint density at radius 1 is 1.11 bits per heavy atom. The fourth-order valence-corrected chi connectivity index (χ4v) is 26.0. The van der Waals surface area contributed by atoms with E-state index in [0.717, 1.165) is 0 Å². The zero-order valence-electron chi connectivity index (χ0n) is 13.0. The fraction of sp³-hybridized carbons (Fsp3) is 0.600. The van der Waals surface area contributed by atoms with E-state index in [9.17, 15) is 0 Å². The maximum atomic E-state index is 3.18. The molecule has 1 aromatic carbocycles. The number of rotatable bonds is 4. The molecule has 0 aliphatic carbocycles. The van der Waals surface area contributed by atoms with E-state index in [1.54, 1.807) is 29.7 Å². The van der Waals surface area contributed by atoms with Gasteiger partial charge in [-0.15, -0.1) is 0 Å². The molecule has 0 N–H and O–H groups in total. The summed E-state index contributed by atoms with van der Waals surface area (Å²) < 4.78 is 0. The molecule has 0 spiro atoms. The van der Waals surface area contributed by atoms with Crippen LogP contribution in [0.4, 0.5) is 0 Å². The van der Waals surface area contributed by atoms with Crippen molar-refractivity contribution in [1.29, 1.82) is 0 Å². The third-order valence-corrected chi connectivity index (χ3v) is 20.2. The van der Waals surface area contributed by atoms with Crippen molar-refractivity contribution in [3.63, 3.8) is 0 Å². The van der Waals surface area contributed by atoms with Gasteiger partial charge in [0, 0.05) is 0 Å². The second-order valence-corrected chi connectivity index (χ2v) is 27.5. The second kappa shape index (κ2) is 5.98. The van der Waals surface area contributed by atoms with E-state index < -0.39 is 21.5 Å². The molecular weight excluding hydrogens is 304 g/mol. The van der Waals surface area contributed by atoms with Crippen molar-refractivity contribution < 1.29 is 0 Å². The topological polar surface area (TPSA) is 0 Å². The van der Waals surface area contributed by atoms with Crippen LogP contribution in [0.15, 0.2) is 30.3 Å². The maximum absolute atomic E-state index is 3.18. The van der Waals surface area contributed by atoms with Crippen molar-refractivity contribution in [1.82, 2.24) is 0 Å². The molecule has 0 nitrogen and oxygen atoms in total. The van der Waals surface area contributed by atoms with Crippen LogP contribution in [0.3, 0.4) is 0 Å². The molecule has 0 saturated carbocycles. The quantitative estimate of drug-likeness (QED) is 0.733. The molecule has 112 valence electrons. The molecule has 0 aromatic heterocycles. The van der Waals surface area contributed by atoms with Gasteiger partial charge in [0.2, 0.25) is 0 Å². The molecule has 1 aromatic rings. The first-order chi connectivity index (χ1) is 8.73. The summed E-state index contributed by atoms with van der Waals surface area (Å²) in [5.41, 5.74) is 0. The van der Waals surface area contributed by atoms with Crippen molar-refractivity contribution in [2.24, 2.45) is 0 Å². The molecule has 0 bridgehead atoms. The van der Waals surface area contributed by atoms with Gasteiger partial charge in [0.05, 0.1) is 0 Å². The minimum absolute atomic E-state index is 0.884. The van der Waals surface area contributed by atoms with Gasteiger partial charge in [0.25, 0.3) is 0 Å². The average molecular weight is 336 g/mol. The van der Waals surface area contributed by atoms with Gasteiger partial charge in [-0.1, -0.05) is 0 Å². The van der Waals surface area contributed by atoms with Crippen molar-refractivity contribution in [2.45, 2.75) is 0 Å². The van der Waals surface area contributed by atoms with E-state index in [0.29, 0.717) is 0 Å². The number of benzene rings is 1. The molecule has 1 atom stereocenters. The summed E-state index contributed by atoms with van der Waals surface area (Å²) in [4.78, 5) is 0. The molecule has 0 amide bonds. The van der Waals surface area contributed by atoms with Gasteiger partial charge in [-0.25, -0.2) is 0 Å². The van der Waals surface area contributed by atoms with E-state index in [-0.39, 0.29) is 0 Å². The summed E-state index contributed by atoms with van der Waals surface area (Å²) in [5.74, 6) is 1.64. The van der Waals surface area contributed by atoms with Gasteiger partial charge >= 0.3 is 123 Å². The van der Waals surface area contributed by atoms with E-state index in [4.69, 9.17) is 0 Å². The molecule has 1 fully saturated rings. The first-order valence-corrected chi connectivity index (χ1v) is 18.6. The second-order valence-electron chi connectivity index (χ2n) is 7.98. The standard InChI is InChI=1S/C15H32P4/c1-17(2)10-12-19(14-17,13-11-18(3,4)16)15-8-6-5-7-9-15/h5-9,17-19H,10-14,16H2,1-4H3. The molecule has 1 aliphatic heterocycles.